The Morgan fingerprint density at radius 2 is 1.85 bits per heavy atom. The fourth-order valence-electron chi connectivity index (χ4n) is 2.16. The van der Waals surface area contributed by atoms with Crippen molar-refractivity contribution in [3.05, 3.63) is 69.7 Å². The normalized spacial score (nSPS) is 12.3. The Morgan fingerprint density at radius 3 is 2.60 bits per heavy atom. The Morgan fingerprint density at radius 1 is 1.10 bits per heavy atom. The predicted molar refractivity (Wildman–Crippen MR) is 86.6 cm³/mol. The van der Waals surface area contributed by atoms with E-state index < -0.39 is 0 Å². The highest BCUT2D eigenvalue weighted by molar-refractivity contribution is 9.10. The number of hydrogen-bond donors (Lipinski definition) is 1. The summed E-state index contributed by atoms with van der Waals surface area (Å²) in [6.07, 6.45) is 0. The van der Waals surface area contributed by atoms with Crippen LogP contribution in [0, 0.1) is 0 Å². The highest BCUT2D eigenvalue weighted by Crippen LogP contribution is 2.18. The Balaban J connectivity index is 1.96. The van der Waals surface area contributed by atoms with Gasteiger partial charge in [0.1, 0.15) is 0 Å². The minimum Gasteiger partial charge on any atom is -0.380 e. The SMILES string of the molecule is COCc1cccc(CN[C@H](C)c2cccc(Br)c2)c1. The average molecular weight is 334 g/mol. The molecule has 106 valence electrons. The molecule has 0 spiro atoms. The summed E-state index contributed by atoms with van der Waals surface area (Å²) in [5.41, 5.74) is 3.77. The van der Waals surface area contributed by atoms with E-state index in [0.717, 1.165) is 11.0 Å². The molecule has 0 radical (unpaired) electrons. The van der Waals surface area contributed by atoms with E-state index in [0.29, 0.717) is 12.6 Å². The lowest BCUT2D eigenvalue weighted by Gasteiger charge is -2.15. The molecule has 0 aliphatic carbocycles. The summed E-state index contributed by atoms with van der Waals surface area (Å²) in [6.45, 7) is 3.70. The zero-order valence-corrected chi connectivity index (χ0v) is 13.5. The fraction of sp³-hybridized carbons (Fsp3) is 0.294. The highest BCUT2D eigenvalue weighted by atomic mass is 79.9. The first kappa shape index (κ1) is 15.2. The van der Waals surface area contributed by atoms with Gasteiger partial charge in [0.15, 0.2) is 0 Å². The minimum absolute atomic E-state index is 0.318. The standard InChI is InChI=1S/C17H20BrNO/c1-13(16-7-4-8-17(18)10-16)19-11-14-5-3-6-15(9-14)12-20-2/h3-10,13,19H,11-12H2,1-2H3/t13-/m1/s1. The third kappa shape index (κ3) is 4.44. The zero-order chi connectivity index (χ0) is 14.4. The monoisotopic (exact) mass is 333 g/mol. The van der Waals surface area contributed by atoms with Gasteiger partial charge in [0.2, 0.25) is 0 Å². The third-order valence-electron chi connectivity index (χ3n) is 3.26. The van der Waals surface area contributed by atoms with Gasteiger partial charge in [-0.2, -0.15) is 0 Å². The smallest absolute Gasteiger partial charge is 0.0713 e. The van der Waals surface area contributed by atoms with Gasteiger partial charge in [-0.05, 0) is 35.7 Å². The van der Waals surface area contributed by atoms with Gasteiger partial charge >= 0.3 is 0 Å². The molecule has 0 fully saturated rings. The van der Waals surface area contributed by atoms with Crippen LogP contribution in [0.25, 0.3) is 0 Å². The van der Waals surface area contributed by atoms with E-state index in [-0.39, 0.29) is 0 Å². The minimum atomic E-state index is 0.318. The molecule has 3 heteroatoms. The second kappa shape index (κ2) is 7.58. The van der Waals surface area contributed by atoms with E-state index in [4.69, 9.17) is 4.74 Å². The van der Waals surface area contributed by atoms with E-state index in [1.807, 2.05) is 6.07 Å². The largest absolute Gasteiger partial charge is 0.380 e. The van der Waals surface area contributed by atoms with Crippen LogP contribution in [0.5, 0.6) is 0 Å². The maximum atomic E-state index is 5.17. The molecule has 0 saturated carbocycles. The van der Waals surface area contributed by atoms with Gasteiger partial charge < -0.3 is 10.1 Å². The van der Waals surface area contributed by atoms with E-state index >= 15 is 0 Å². The van der Waals surface area contributed by atoms with Crippen molar-refractivity contribution in [3.8, 4) is 0 Å². The Hall–Kier alpha value is -1.16. The second-order valence-electron chi connectivity index (χ2n) is 4.91. The lowest BCUT2D eigenvalue weighted by molar-refractivity contribution is 0.185. The van der Waals surface area contributed by atoms with Crippen LogP contribution in [0.3, 0.4) is 0 Å². The molecule has 2 rings (SSSR count). The van der Waals surface area contributed by atoms with Crippen molar-refractivity contribution >= 4 is 15.9 Å². The molecule has 2 aromatic rings. The molecule has 0 bridgehead atoms. The van der Waals surface area contributed by atoms with Crippen LogP contribution >= 0.6 is 15.9 Å². The van der Waals surface area contributed by atoms with Crippen molar-refractivity contribution in [1.82, 2.24) is 5.32 Å². The van der Waals surface area contributed by atoms with E-state index in [2.05, 4.69) is 70.6 Å². The van der Waals surface area contributed by atoms with E-state index in [1.165, 1.54) is 16.7 Å². The maximum Gasteiger partial charge on any atom is 0.0713 e. The topological polar surface area (TPSA) is 21.3 Å². The number of benzene rings is 2. The summed E-state index contributed by atoms with van der Waals surface area (Å²) >= 11 is 3.51. The first-order chi connectivity index (χ1) is 9.69. The number of halogens is 1. The van der Waals surface area contributed by atoms with Crippen LogP contribution in [0.2, 0.25) is 0 Å². The fourth-order valence-corrected chi connectivity index (χ4v) is 2.58. The molecule has 0 amide bonds. The van der Waals surface area contributed by atoms with Crippen LogP contribution < -0.4 is 5.32 Å². The van der Waals surface area contributed by atoms with Crippen LogP contribution in [0.1, 0.15) is 29.7 Å². The molecule has 2 aromatic carbocycles. The Kier molecular flexibility index (Phi) is 5.77. The summed E-state index contributed by atoms with van der Waals surface area (Å²) in [6, 6.07) is 17.2. The predicted octanol–water partition coefficient (Wildman–Crippen LogP) is 4.45. The summed E-state index contributed by atoms with van der Waals surface area (Å²) in [7, 11) is 1.72. The first-order valence-corrected chi connectivity index (χ1v) is 7.54. The quantitative estimate of drug-likeness (QED) is 0.843. The van der Waals surface area contributed by atoms with Crippen molar-refractivity contribution in [1.29, 1.82) is 0 Å². The number of methoxy groups -OCH3 is 1. The van der Waals surface area contributed by atoms with Gasteiger partial charge in [-0.15, -0.1) is 0 Å². The van der Waals surface area contributed by atoms with Crippen molar-refractivity contribution in [2.45, 2.75) is 26.1 Å². The van der Waals surface area contributed by atoms with Crippen molar-refractivity contribution in [2.75, 3.05) is 7.11 Å². The number of hydrogen-bond acceptors (Lipinski definition) is 2. The van der Waals surface area contributed by atoms with Crippen molar-refractivity contribution < 1.29 is 4.74 Å². The molecule has 20 heavy (non-hydrogen) atoms. The van der Waals surface area contributed by atoms with E-state index in [9.17, 15) is 0 Å². The molecule has 0 aliphatic heterocycles. The Labute approximate surface area is 129 Å². The highest BCUT2D eigenvalue weighted by Gasteiger charge is 2.05. The molecule has 1 atom stereocenters. The van der Waals surface area contributed by atoms with Crippen LogP contribution in [0.15, 0.2) is 53.0 Å². The first-order valence-electron chi connectivity index (χ1n) is 6.74. The molecule has 0 unspecified atom stereocenters. The molecule has 0 aliphatic rings. The lowest BCUT2D eigenvalue weighted by Crippen LogP contribution is -2.18. The number of rotatable bonds is 6. The molecular formula is C17H20BrNO. The average Bonchev–Trinajstić information content (AvgIpc) is 2.45. The molecular weight excluding hydrogens is 314 g/mol. The van der Waals surface area contributed by atoms with Crippen LogP contribution in [0.4, 0.5) is 0 Å². The summed E-state index contributed by atoms with van der Waals surface area (Å²) in [4.78, 5) is 0. The van der Waals surface area contributed by atoms with Gasteiger partial charge in [-0.3, -0.25) is 0 Å². The van der Waals surface area contributed by atoms with Crippen LogP contribution in [-0.2, 0) is 17.9 Å². The van der Waals surface area contributed by atoms with Gasteiger partial charge in [0.05, 0.1) is 6.61 Å². The zero-order valence-electron chi connectivity index (χ0n) is 11.9. The van der Waals surface area contributed by atoms with Crippen molar-refractivity contribution in [3.63, 3.8) is 0 Å². The molecule has 1 N–H and O–H groups in total. The van der Waals surface area contributed by atoms with Crippen molar-refractivity contribution in [2.24, 2.45) is 0 Å². The molecule has 0 heterocycles. The number of nitrogens with one attached hydrogen (secondary N) is 1. The maximum absolute atomic E-state index is 5.17. The molecule has 0 saturated heterocycles. The Bertz CT molecular complexity index is 556. The van der Waals surface area contributed by atoms with Gasteiger partial charge in [-0.1, -0.05) is 52.3 Å². The molecule has 2 nitrogen and oxygen atoms in total. The summed E-state index contributed by atoms with van der Waals surface area (Å²) < 4.78 is 6.28. The van der Waals surface area contributed by atoms with Gasteiger partial charge in [0, 0.05) is 24.2 Å². The second-order valence-corrected chi connectivity index (χ2v) is 5.83. The molecule has 0 aromatic heterocycles. The number of ether oxygens (including phenoxy) is 1. The van der Waals surface area contributed by atoms with Crippen LogP contribution in [-0.4, -0.2) is 7.11 Å². The third-order valence-corrected chi connectivity index (χ3v) is 3.76. The lowest BCUT2D eigenvalue weighted by atomic mass is 10.1. The summed E-state index contributed by atoms with van der Waals surface area (Å²) in [5.74, 6) is 0. The van der Waals surface area contributed by atoms with E-state index in [1.54, 1.807) is 7.11 Å². The van der Waals surface area contributed by atoms with Gasteiger partial charge in [0.25, 0.3) is 0 Å². The summed E-state index contributed by atoms with van der Waals surface area (Å²) in [5, 5.41) is 3.55. The van der Waals surface area contributed by atoms with Gasteiger partial charge in [-0.25, -0.2) is 0 Å².